The van der Waals surface area contributed by atoms with Crippen LogP contribution < -0.4 is 10.6 Å². The first kappa shape index (κ1) is 9.47. The molecular formula is C11H22N2. The molecule has 1 saturated carbocycles. The van der Waals surface area contributed by atoms with E-state index in [-0.39, 0.29) is 0 Å². The maximum atomic E-state index is 3.38. The highest BCUT2D eigenvalue weighted by atomic mass is 14.9. The Kier molecular flexibility index (Phi) is 3.23. The Labute approximate surface area is 81.5 Å². The molecule has 2 aliphatic heterocycles. The molecule has 2 N–H and O–H groups in total. The van der Waals surface area contributed by atoms with Crippen LogP contribution in [0.4, 0.5) is 0 Å². The van der Waals surface area contributed by atoms with Crippen LogP contribution >= 0.6 is 0 Å². The predicted molar refractivity (Wildman–Crippen MR) is 55.9 cm³/mol. The van der Waals surface area contributed by atoms with Crippen molar-refractivity contribution >= 4 is 0 Å². The zero-order valence-corrected chi connectivity index (χ0v) is 8.57. The van der Waals surface area contributed by atoms with Crippen molar-refractivity contribution in [1.29, 1.82) is 0 Å². The van der Waals surface area contributed by atoms with Crippen LogP contribution in [0.1, 0.15) is 38.5 Å². The van der Waals surface area contributed by atoms with Crippen LogP contribution in [0.5, 0.6) is 0 Å². The second-order valence-electron chi connectivity index (χ2n) is 4.74. The predicted octanol–water partition coefficient (Wildman–Crippen LogP) is 1.52. The average molecular weight is 182 g/mol. The van der Waals surface area contributed by atoms with Crippen LogP contribution in [0.3, 0.4) is 0 Å². The maximum absolute atomic E-state index is 3.38. The van der Waals surface area contributed by atoms with Gasteiger partial charge in [-0.1, -0.05) is 6.42 Å². The van der Waals surface area contributed by atoms with Crippen LogP contribution in [-0.2, 0) is 0 Å². The van der Waals surface area contributed by atoms with Crippen molar-refractivity contribution in [2.24, 2.45) is 5.41 Å². The van der Waals surface area contributed by atoms with Gasteiger partial charge in [0, 0.05) is 6.54 Å². The van der Waals surface area contributed by atoms with Gasteiger partial charge in [0.1, 0.15) is 0 Å². The number of piperidine rings is 1. The molecular weight excluding hydrogens is 160 g/mol. The van der Waals surface area contributed by atoms with E-state index in [1.807, 2.05) is 0 Å². The normalized spacial score (nSPS) is 29.5. The first-order valence-electron chi connectivity index (χ1n) is 5.83. The third-order valence-electron chi connectivity index (χ3n) is 3.50. The van der Waals surface area contributed by atoms with Crippen molar-refractivity contribution in [3.8, 4) is 0 Å². The van der Waals surface area contributed by atoms with Crippen molar-refractivity contribution < 1.29 is 0 Å². The van der Waals surface area contributed by atoms with E-state index in [1.165, 1.54) is 64.7 Å². The van der Waals surface area contributed by atoms with Gasteiger partial charge in [0.05, 0.1) is 0 Å². The van der Waals surface area contributed by atoms with Gasteiger partial charge in [-0.05, 0) is 57.2 Å². The van der Waals surface area contributed by atoms with E-state index in [4.69, 9.17) is 0 Å². The zero-order chi connectivity index (χ0) is 8.99. The molecule has 1 aliphatic carbocycles. The minimum Gasteiger partial charge on any atom is -0.317 e. The van der Waals surface area contributed by atoms with Crippen LogP contribution in [0, 0.1) is 5.41 Å². The van der Waals surface area contributed by atoms with Gasteiger partial charge in [0.2, 0.25) is 0 Å². The quantitative estimate of drug-likeness (QED) is 0.593. The van der Waals surface area contributed by atoms with E-state index >= 15 is 0 Å². The fraction of sp³-hybridized carbons (Fsp3) is 1.00. The summed E-state index contributed by atoms with van der Waals surface area (Å²) in [5, 5.41) is 6.66. The van der Waals surface area contributed by atoms with Gasteiger partial charge >= 0.3 is 0 Å². The van der Waals surface area contributed by atoms with Gasteiger partial charge in [-0.25, -0.2) is 0 Å². The van der Waals surface area contributed by atoms with Crippen molar-refractivity contribution in [2.45, 2.75) is 38.5 Å². The SMILES string of the molecule is C1CC2(CC2)CN1.C1CCNCC1. The van der Waals surface area contributed by atoms with Crippen molar-refractivity contribution in [3.05, 3.63) is 0 Å². The Morgan fingerprint density at radius 2 is 1.46 bits per heavy atom. The molecule has 1 spiro atoms. The molecule has 3 fully saturated rings. The van der Waals surface area contributed by atoms with Gasteiger partial charge in [-0.3, -0.25) is 0 Å². The fourth-order valence-electron chi connectivity index (χ4n) is 2.20. The summed E-state index contributed by atoms with van der Waals surface area (Å²) in [6, 6.07) is 0. The first-order valence-corrected chi connectivity index (χ1v) is 5.83. The van der Waals surface area contributed by atoms with Crippen molar-refractivity contribution in [1.82, 2.24) is 10.6 Å². The van der Waals surface area contributed by atoms with Crippen molar-refractivity contribution in [2.75, 3.05) is 26.2 Å². The summed E-state index contributed by atoms with van der Waals surface area (Å²) >= 11 is 0. The highest BCUT2D eigenvalue weighted by Crippen LogP contribution is 2.49. The number of nitrogens with one attached hydrogen (secondary N) is 2. The second kappa shape index (κ2) is 4.43. The van der Waals surface area contributed by atoms with Gasteiger partial charge in [0.25, 0.3) is 0 Å². The fourth-order valence-corrected chi connectivity index (χ4v) is 2.20. The number of hydrogen-bond donors (Lipinski definition) is 2. The Morgan fingerprint density at radius 3 is 1.69 bits per heavy atom. The lowest BCUT2D eigenvalue weighted by Crippen LogP contribution is -2.21. The molecule has 2 saturated heterocycles. The molecule has 0 aromatic carbocycles. The van der Waals surface area contributed by atoms with Gasteiger partial charge in [0.15, 0.2) is 0 Å². The van der Waals surface area contributed by atoms with Gasteiger partial charge < -0.3 is 10.6 Å². The molecule has 3 rings (SSSR count). The third-order valence-corrected chi connectivity index (χ3v) is 3.50. The molecule has 3 aliphatic rings. The van der Waals surface area contributed by atoms with E-state index in [2.05, 4.69) is 10.6 Å². The molecule has 13 heavy (non-hydrogen) atoms. The Morgan fingerprint density at radius 1 is 0.692 bits per heavy atom. The maximum Gasteiger partial charge on any atom is 0.000829 e. The average Bonchev–Trinajstić information content (AvgIpc) is 2.78. The highest BCUT2D eigenvalue weighted by Gasteiger charge is 2.44. The largest absolute Gasteiger partial charge is 0.317 e. The molecule has 2 heterocycles. The Balaban J connectivity index is 0.000000102. The Bertz CT molecular complexity index is 129. The lowest BCUT2D eigenvalue weighted by atomic mass is 10.1. The van der Waals surface area contributed by atoms with Crippen LogP contribution in [0.25, 0.3) is 0 Å². The Hall–Kier alpha value is -0.0800. The van der Waals surface area contributed by atoms with E-state index in [9.17, 15) is 0 Å². The van der Waals surface area contributed by atoms with Gasteiger partial charge in [-0.2, -0.15) is 0 Å². The summed E-state index contributed by atoms with van der Waals surface area (Å²) in [4.78, 5) is 0. The number of rotatable bonds is 0. The van der Waals surface area contributed by atoms with Gasteiger partial charge in [-0.15, -0.1) is 0 Å². The number of hydrogen-bond acceptors (Lipinski definition) is 2. The zero-order valence-electron chi connectivity index (χ0n) is 8.57. The topological polar surface area (TPSA) is 24.1 Å². The minimum absolute atomic E-state index is 0.833. The summed E-state index contributed by atoms with van der Waals surface area (Å²) < 4.78 is 0. The van der Waals surface area contributed by atoms with E-state index in [0.717, 1.165) is 5.41 Å². The third kappa shape index (κ3) is 2.96. The molecule has 2 nitrogen and oxygen atoms in total. The standard InChI is InChI=1S/C6H11N.C5H11N/c1-2-6(1)3-4-7-5-6;1-2-4-6-5-3-1/h7H,1-5H2;6H,1-5H2. The summed E-state index contributed by atoms with van der Waals surface area (Å²) in [5.41, 5.74) is 0.833. The van der Waals surface area contributed by atoms with E-state index in [1.54, 1.807) is 0 Å². The van der Waals surface area contributed by atoms with E-state index in [0.29, 0.717) is 0 Å². The molecule has 0 bridgehead atoms. The van der Waals surface area contributed by atoms with Crippen LogP contribution in [0.2, 0.25) is 0 Å². The van der Waals surface area contributed by atoms with E-state index < -0.39 is 0 Å². The summed E-state index contributed by atoms with van der Waals surface area (Å²) in [6.45, 7) is 5.09. The molecule has 0 unspecified atom stereocenters. The second-order valence-corrected chi connectivity index (χ2v) is 4.74. The monoisotopic (exact) mass is 182 g/mol. The molecule has 0 aromatic rings. The van der Waals surface area contributed by atoms with Crippen molar-refractivity contribution in [3.63, 3.8) is 0 Å². The summed E-state index contributed by atoms with van der Waals surface area (Å²) in [5.74, 6) is 0. The molecule has 0 aromatic heterocycles. The molecule has 0 radical (unpaired) electrons. The highest BCUT2D eigenvalue weighted by molar-refractivity contribution is 4.98. The lowest BCUT2D eigenvalue weighted by molar-refractivity contribution is 0.520. The first-order chi connectivity index (χ1) is 6.41. The van der Waals surface area contributed by atoms with Crippen LogP contribution in [-0.4, -0.2) is 26.2 Å². The summed E-state index contributed by atoms with van der Waals surface area (Å²) in [7, 11) is 0. The molecule has 0 atom stereocenters. The minimum atomic E-state index is 0.833. The summed E-state index contributed by atoms with van der Waals surface area (Å²) in [6.07, 6.45) is 8.67. The molecule has 0 amide bonds. The lowest BCUT2D eigenvalue weighted by Gasteiger charge is -2.08. The van der Waals surface area contributed by atoms with Crippen LogP contribution in [0.15, 0.2) is 0 Å². The molecule has 2 heteroatoms. The molecule has 76 valence electrons. The smallest absolute Gasteiger partial charge is 0.000829 e.